The standard InChI is InChI=1S/C29H31ClN6O4S/c1-29(8-9-29)20-40-26-25(18-33-36(28(26)37)24-7-3-6-23(30)17-24)34-12-14-35(15-13-34)41(38,39)19-21-4-2-5-22(16-21)27-31-10-11-32-27/h2-7,10-11,16-18H,8-9,12-15,19-20H2,1H3,(H,31,32). The minimum atomic E-state index is -3.56. The summed E-state index contributed by atoms with van der Waals surface area (Å²) >= 11 is 6.16. The van der Waals surface area contributed by atoms with E-state index in [1.165, 1.54) is 8.99 Å². The highest BCUT2D eigenvalue weighted by atomic mass is 35.5. The van der Waals surface area contributed by atoms with E-state index in [2.05, 4.69) is 22.0 Å². The molecule has 3 heterocycles. The Balaban J connectivity index is 1.20. The lowest BCUT2D eigenvalue weighted by molar-refractivity contribution is 0.242. The van der Waals surface area contributed by atoms with E-state index in [1.54, 1.807) is 42.9 Å². The number of piperazine rings is 1. The van der Waals surface area contributed by atoms with Gasteiger partial charge in [0, 0.05) is 54.6 Å². The molecule has 1 N–H and O–H groups in total. The summed E-state index contributed by atoms with van der Waals surface area (Å²) in [6.45, 7) is 3.95. The second-order valence-electron chi connectivity index (χ2n) is 10.9. The van der Waals surface area contributed by atoms with Gasteiger partial charge in [-0.1, -0.05) is 42.8 Å². The van der Waals surface area contributed by atoms with E-state index in [4.69, 9.17) is 16.3 Å². The zero-order valence-electron chi connectivity index (χ0n) is 22.7. The lowest BCUT2D eigenvalue weighted by Gasteiger charge is -2.35. The topological polar surface area (TPSA) is 113 Å². The van der Waals surface area contributed by atoms with Gasteiger partial charge in [-0.15, -0.1) is 0 Å². The van der Waals surface area contributed by atoms with Gasteiger partial charge in [0.05, 0.1) is 24.2 Å². The minimum absolute atomic E-state index is 0.0644. The Kier molecular flexibility index (Phi) is 7.35. The average molecular weight is 595 g/mol. The SMILES string of the molecule is CC1(COc2c(N3CCN(S(=O)(=O)Cc4cccc(-c5ncc[nH]5)c4)CC3)cnn(-c3cccc(Cl)c3)c2=O)CC1. The molecule has 0 bridgehead atoms. The molecule has 214 valence electrons. The van der Waals surface area contributed by atoms with Gasteiger partial charge in [0.1, 0.15) is 11.5 Å². The van der Waals surface area contributed by atoms with Crippen molar-refractivity contribution in [3.63, 3.8) is 0 Å². The molecule has 6 rings (SSSR count). The Hall–Kier alpha value is -3.67. The maximum atomic E-state index is 13.6. The Morgan fingerprint density at radius 3 is 2.56 bits per heavy atom. The third kappa shape index (κ3) is 6.02. The molecule has 2 fully saturated rings. The Morgan fingerprint density at radius 2 is 1.85 bits per heavy atom. The molecule has 2 aromatic carbocycles. The highest BCUT2D eigenvalue weighted by Gasteiger charge is 2.39. The van der Waals surface area contributed by atoms with Gasteiger partial charge in [-0.3, -0.25) is 4.79 Å². The van der Waals surface area contributed by atoms with Crippen molar-refractivity contribution < 1.29 is 13.2 Å². The summed E-state index contributed by atoms with van der Waals surface area (Å²) < 4.78 is 35.7. The molecule has 2 aliphatic rings. The van der Waals surface area contributed by atoms with E-state index in [0.717, 1.165) is 18.4 Å². The van der Waals surface area contributed by atoms with Crippen molar-refractivity contribution in [2.24, 2.45) is 5.41 Å². The van der Waals surface area contributed by atoms with Crippen molar-refractivity contribution in [1.82, 2.24) is 24.1 Å². The van der Waals surface area contributed by atoms with Crippen molar-refractivity contribution in [2.75, 3.05) is 37.7 Å². The Labute approximate surface area is 243 Å². The van der Waals surface area contributed by atoms with Crippen LogP contribution in [-0.2, 0) is 15.8 Å². The molecule has 1 aliphatic heterocycles. The van der Waals surface area contributed by atoms with Gasteiger partial charge >= 0.3 is 5.56 Å². The summed E-state index contributed by atoms with van der Waals surface area (Å²) in [5.74, 6) is 0.808. The highest BCUT2D eigenvalue weighted by Crippen LogP contribution is 2.45. The molecule has 0 unspecified atom stereocenters. The summed E-state index contributed by atoms with van der Waals surface area (Å²) in [7, 11) is -3.56. The van der Waals surface area contributed by atoms with Crippen LogP contribution in [0, 0.1) is 5.41 Å². The highest BCUT2D eigenvalue weighted by molar-refractivity contribution is 7.88. The number of nitrogens with zero attached hydrogens (tertiary/aromatic N) is 5. The van der Waals surface area contributed by atoms with Crippen LogP contribution in [0.3, 0.4) is 0 Å². The van der Waals surface area contributed by atoms with Crippen molar-refractivity contribution in [3.05, 3.63) is 88.1 Å². The second-order valence-corrected chi connectivity index (χ2v) is 13.3. The normalized spacial score (nSPS) is 17.0. The number of rotatable bonds is 9. The van der Waals surface area contributed by atoms with Gasteiger partial charge in [-0.25, -0.2) is 13.4 Å². The molecule has 1 saturated heterocycles. The van der Waals surface area contributed by atoms with Gasteiger partial charge in [0.15, 0.2) is 0 Å². The first-order valence-electron chi connectivity index (χ1n) is 13.5. The fourth-order valence-corrected chi connectivity index (χ4v) is 6.61. The molecule has 0 spiro atoms. The first kappa shape index (κ1) is 27.5. The third-order valence-corrected chi connectivity index (χ3v) is 9.74. The first-order valence-corrected chi connectivity index (χ1v) is 15.5. The average Bonchev–Trinajstić information content (AvgIpc) is 3.44. The lowest BCUT2D eigenvalue weighted by Crippen LogP contribution is -2.49. The predicted octanol–water partition coefficient (Wildman–Crippen LogP) is 4.11. The molecule has 2 aromatic heterocycles. The van der Waals surface area contributed by atoms with Crippen molar-refractivity contribution in [1.29, 1.82) is 0 Å². The number of ether oxygens (including phenoxy) is 1. The molecule has 41 heavy (non-hydrogen) atoms. The molecule has 0 radical (unpaired) electrons. The smallest absolute Gasteiger partial charge is 0.316 e. The van der Waals surface area contributed by atoms with E-state index in [9.17, 15) is 13.2 Å². The van der Waals surface area contributed by atoms with Crippen molar-refractivity contribution in [3.8, 4) is 22.8 Å². The van der Waals surface area contributed by atoms with Crippen LogP contribution in [-0.4, -0.2) is 65.3 Å². The number of halogens is 1. The summed E-state index contributed by atoms with van der Waals surface area (Å²) in [4.78, 5) is 22.9. The lowest BCUT2D eigenvalue weighted by atomic mass is 10.1. The fraction of sp³-hybridized carbons (Fsp3) is 0.345. The van der Waals surface area contributed by atoms with E-state index in [1.807, 2.05) is 29.2 Å². The molecular weight excluding hydrogens is 564 g/mol. The number of anilines is 1. The molecule has 1 saturated carbocycles. The molecule has 1 aliphatic carbocycles. The third-order valence-electron chi connectivity index (χ3n) is 7.66. The van der Waals surface area contributed by atoms with Gasteiger partial charge in [-0.2, -0.15) is 14.1 Å². The fourth-order valence-electron chi connectivity index (χ4n) is 4.93. The predicted molar refractivity (Wildman–Crippen MR) is 158 cm³/mol. The number of H-pyrrole nitrogens is 1. The molecule has 4 aromatic rings. The van der Waals surface area contributed by atoms with E-state index >= 15 is 0 Å². The van der Waals surface area contributed by atoms with Gasteiger partial charge < -0.3 is 14.6 Å². The molecular formula is C29H31ClN6O4S. The minimum Gasteiger partial charge on any atom is -0.486 e. The Morgan fingerprint density at radius 1 is 1.07 bits per heavy atom. The number of imidazole rings is 1. The number of sulfonamides is 1. The monoisotopic (exact) mass is 594 g/mol. The van der Waals surface area contributed by atoms with E-state index in [0.29, 0.717) is 47.5 Å². The van der Waals surface area contributed by atoms with E-state index in [-0.39, 0.29) is 35.6 Å². The van der Waals surface area contributed by atoms with Crippen LogP contribution in [0.2, 0.25) is 5.02 Å². The first-order chi connectivity index (χ1) is 19.7. The quantitative estimate of drug-likeness (QED) is 0.310. The number of hydrogen-bond donors (Lipinski definition) is 1. The number of aromatic amines is 1. The maximum absolute atomic E-state index is 13.6. The molecule has 12 heteroatoms. The van der Waals surface area contributed by atoms with Crippen molar-refractivity contribution in [2.45, 2.75) is 25.5 Å². The van der Waals surface area contributed by atoms with Crippen molar-refractivity contribution >= 4 is 27.3 Å². The molecule has 0 amide bonds. The van der Waals surface area contributed by atoms with Crippen LogP contribution in [0.25, 0.3) is 17.1 Å². The maximum Gasteiger partial charge on any atom is 0.316 e. The Bertz CT molecular complexity index is 1710. The van der Waals surface area contributed by atoms with Crippen LogP contribution in [0.5, 0.6) is 5.75 Å². The van der Waals surface area contributed by atoms with Gasteiger partial charge in [-0.05, 0) is 42.7 Å². The molecule has 0 atom stereocenters. The van der Waals surface area contributed by atoms with Crippen LogP contribution in [0.15, 0.2) is 71.9 Å². The number of hydrogen-bond acceptors (Lipinski definition) is 7. The second kappa shape index (κ2) is 11.0. The summed E-state index contributed by atoms with van der Waals surface area (Å²) in [5.41, 5.74) is 2.33. The zero-order chi connectivity index (χ0) is 28.6. The summed E-state index contributed by atoms with van der Waals surface area (Å²) in [6, 6.07) is 14.3. The van der Waals surface area contributed by atoms with Crippen LogP contribution >= 0.6 is 11.6 Å². The largest absolute Gasteiger partial charge is 0.486 e. The molecule has 10 nitrogen and oxygen atoms in total. The summed E-state index contributed by atoms with van der Waals surface area (Å²) in [5, 5.41) is 4.92. The summed E-state index contributed by atoms with van der Waals surface area (Å²) in [6.07, 6.45) is 7.12. The number of aromatic nitrogens is 4. The van der Waals surface area contributed by atoms with Gasteiger partial charge in [0.25, 0.3) is 0 Å². The van der Waals surface area contributed by atoms with Gasteiger partial charge in [0.2, 0.25) is 15.8 Å². The number of benzene rings is 2. The van der Waals surface area contributed by atoms with E-state index < -0.39 is 10.0 Å². The van der Waals surface area contributed by atoms with Crippen LogP contribution in [0.1, 0.15) is 25.3 Å². The zero-order valence-corrected chi connectivity index (χ0v) is 24.2. The van der Waals surface area contributed by atoms with Crippen LogP contribution < -0.4 is 15.2 Å². The van der Waals surface area contributed by atoms with Crippen LogP contribution in [0.4, 0.5) is 5.69 Å². The number of nitrogens with one attached hydrogen (secondary N) is 1.